The first-order valence-corrected chi connectivity index (χ1v) is 5.33. The third-order valence-corrected chi connectivity index (χ3v) is 3.65. The van der Waals surface area contributed by atoms with E-state index in [0.717, 1.165) is 0 Å². The quantitative estimate of drug-likeness (QED) is 0.418. The van der Waals surface area contributed by atoms with Crippen LogP contribution in [0.5, 0.6) is 0 Å². The van der Waals surface area contributed by atoms with Crippen molar-refractivity contribution in [2.45, 2.75) is 31.9 Å². The van der Waals surface area contributed by atoms with Crippen LogP contribution in [-0.4, -0.2) is 14.1 Å². The monoisotopic (exact) mass is 112 g/mol. The van der Waals surface area contributed by atoms with Crippen molar-refractivity contribution in [1.29, 1.82) is 0 Å². The van der Waals surface area contributed by atoms with E-state index in [4.69, 9.17) is 0 Å². The first-order valence-electron chi connectivity index (χ1n) is 3.05. The highest BCUT2D eigenvalue weighted by atomic mass is 28.2. The van der Waals surface area contributed by atoms with Gasteiger partial charge in [-0.3, -0.25) is 0 Å². The van der Waals surface area contributed by atoms with Gasteiger partial charge in [0, 0.05) is 8.41 Å². The summed E-state index contributed by atoms with van der Waals surface area (Å²) >= 11 is 0. The van der Waals surface area contributed by atoms with Crippen molar-refractivity contribution in [2.24, 2.45) is 0 Å². The average molecular weight is 112 g/mol. The molecule has 0 aromatic rings. The van der Waals surface area contributed by atoms with Crippen LogP contribution in [0.2, 0.25) is 12.6 Å². The van der Waals surface area contributed by atoms with Crippen LogP contribution in [-0.2, 0) is 0 Å². The fourth-order valence-electron chi connectivity index (χ4n) is 0.999. The van der Waals surface area contributed by atoms with Crippen LogP contribution in [0.15, 0.2) is 0 Å². The highest BCUT2D eigenvalue weighted by Crippen LogP contribution is 2.04. The Kier molecular flexibility index (Phi) is 1.80. The summed E-state index contributed by atoms with van der Waals surface area (Å²) in [6.45, 7) is 2.41. The Morgan fingerprint density at radius 1 is 1.43 bits per heavy atom. The molecule has 0 amide bonds. The molecule has 0 unspecified atom stereocenters. The first-order chi connectivity index (χ1) is 3.39. The lowest BCUT2D eigenvalue weighted by atomic mass is 10.3. The summed E-state index contributed by atoms with van der Waals surface area (Å²) in [7, 11) is 0.0819. The van der Waals surface area contributed by atoms with E-state index in [1.54, 1.807) is 0 Å². The number of hydrogen-bond donors (Lipinski definition) is 0. The van der Waals surface area contributed by atoms with Crippen LogP contribution in [0.25, 0.3) is 0 Å². The van der Waals surface area contributed by atoms with E-state index < -0.39 is 0 Å². The molecule has 1 aliphatic rings. The fraction of sp³-hybridized carbons (Fsp3) is 0.833. The van der Waals surface area contributed by atoms with Gasteiger partial charge in [-0.25, -0.2) is 0 Å². The molecule has 1 heteroatoms. The molecule has 1 heterocycles. The van der Waals surface area contributed by atoms with Gasteiger partial charge in [0.15, 0.2) is 0 Å². The molecule has 0 nitrogen and oxygen atoms in total. The van der Waals surface area contributed by atoms with Gasteiger partial charge in [0.2, 0.25) is 0 Å². The zero-order valence-electron chi connectivity index (χ0n) is 4.91. The van der Waals surface area contributed by atoms with Crippen LogP contribution in [0.1, 0.15) is 19.3 Å². The predicted octanol–water partition coefficient (Wildman–Crippen LogP) is 1.68. The molecule has 0 saturated carbocycles. The zero-order chi connectivity index (χ0) is 5.11. The smallest absolute Gasteiger partial charge is 0.00199 e. The Hall–Kier alpha value is 0.0869. The molecule has 0 N–H and O–H groups in total. The van der Waals surface area contributed by atoms with E-state index in [-0.39, 0.29) is 8.41 Å². The Balaban J connectivity index is 2.40. The summed E-state index contributed by atoms with van der Waals surface area (Å²) in [6.07, 6.45) is 4.37. The minimum absolute atomic E-state index is 0.0819. The molecule has 1 aliphatic heterocycles. The molecule has 7 heavy (non-hydrogen) atoms. The van der Waals surface area contributed by atoms with Crippen LogP contribution in [0, 0.1) is 0 Å². The van der Waals surface area contributed by atoms with Crippen LogP contribution in [0.4, 0.5) is 0 Å². The summed E-state index contributed by atoms with van der Waals surface area (Å²) in [6, 6.07) is 1.53. The molecule has 0 spiro atoms. The zero-order valence-corrected chi connectivity index (χ0v) is 5.91. The highest BCUT2D eigenvalue weighted by molar-refractivity contribution is 6.65. The Labute approximate surface area is 46.8 Å². The van der Waals surface area contributed by atoms with Crippen molar-refractivity contribution in [3.8, 4) is 0 Å². The molecule has 0 bridgehead atoms. The lowest BCUT2D eigenvalue weighted by Gasteiger charge is -2.04. The molecular weight excluding hydrogens is 100 g/mol. The van der Waals surface area contributed by atoms with Crippen LogP contribution in [0.3, 0.4) is 0 Å². The Morgan fingerprint density at radius 2 is 2.29 bits per heavy atom. The van der Waals surface area contributed by atoms with E-state index >= 15 is 0 Å². The third kappa shape index (κ3) is 1.55. The largest absolute Gasteiger partial charge is 0.104 e. The molecule has 1 rings (SSSR count). The summed E-state index contributed by atoms with van der Waals surface area (Å²) in [5, 5.41) is 0. The van der Waals surface area contributed by atoms with Gasteiger partial charge in [0.05, 0.1) is 0 Å². The van der Waals surface area contributed by atoms with Gasteiger partial charge in [-0.15, -0.1) is 5.67 Å². The Morgan fingerprint density at radius 3 is 2.57 bits per heavy atom. The van der Waals surface area contributed by atoms with Crippen molar-refractivity contribution in [3.63, 3.8) is 0 Å². The van der Waals surface area contributed by atoms with Gasteiger partial charge in [0.1, 0.15) is 0 Å². The van der Waals surface area contributed by atoms with Gasteiger partial charge in [-0.1, -0.05) is 19.4 Å². The van der Waals surface area contributed by atoms with E-state index in [1.165, 1.54) is 25.3 Å². The SMILES string of the molecule is C[Si]1=CCCCC1. The average Bonchev–Trinajstić information content (AvgIpc) is 1.69. The second-order valence-corrected chi connectivity index (χ2v) is 4.90. The third-order valence-electron chi connectivity index (χ3n) is 1.52. The maximum Gasteiger partial charge on any atom is 0.00199 e. The molecule has 0 radical (unpaired) electrons. The van der Waals surface area contributed by atoms with Gasteiger partial charge < -0.3 is 0 Å². The lowest BCUT2D eigenvalue weighted by Crippen LogP contribution is -2.03. The standard InChI is InChI=1S/C6H12Si/c1-7-5-3-2-4-6-7/h5H,2-4,6H2,1H3. The minimum atomic E-state index is 0.0819. The van der Waals surface area contributed by atoms with Crippen molar-refractivity contribution < 1.29 is 0 Å². The highest BCUT2D eigenvalue weighted by Gasteiger charge is 1.96. The second kappa shape index (κ2) is 2.41. The molecular formula is C6H12Si. The molecule has 0 aromatic heterocycles. The predicted molar refractivity (Wildman–Crippen MR) is 36.3 cm³/mol. The van der Waals surface area contributed by atoms with E-state index in [1.807, 2.05) is 0 Å². The molecule has 0 saturated heterocycles. The van der Waals surface area contributed by atoms with Gasteiger partial charge >= 0.3 is 0 Å². The van der Waals surface area contributed by atoms with Gasteiger partial charge in [-0.2, -0.15) is 0 Å². The first kappa shape index (κ1) is 5.23. The van der Waals surface area contributed by atoms with Crippen molar-refractivity contribution in [1.82, 2.24) is 0 Å². The van der Waals surface area contributed by atoms with E-state index in [2.05, 4.69) is 12.2 Å². The molecule has 0 aromatic carbocycles. The Bertz CT molecular complexity index is 84.2. The maximum absolute atomic E-state index is 2.54. The minimum Gasteiger partial charge on any atom is -0.104 e. The summed E-state index contributed by atoms with van der Waals surface area (Å²) in [5.74, 6) is 0. The van der Waals surface area contributed by atoms with Crippen molar-refractivity contribution in [2.75, 3.05) is 0 Å². The van der Waals surface area contributed by atoms with Crippen molar-refractivity contribution >= 4 is 14.1 Å². The molecule has 0 atom stereocenters. The number of rotatable bonds is 0. The molecule has 40 valence electrons. The van der Waals surface area contributed by atoms with E-state index in [0.29, 0.717) is 0 Å². The van der Waals surface area contributed by atoms with Gasteiger partial charge in [0.25, 0.3) is 0 Å². The van der Waals surface area contributed by atoms with Crippen molar-refractivity contribution in [3.05, 3.63) is 0 Å². The summed E-state index contributed by atoms with van der Waals surface area (Å²) in [5.41, 5.74) is 2.54. The number of hydrogen-bond acceptors (Lipinski definition) is 0. The normalized spacial score (nSPS) is 21.6. The summed E-state index contributed by atoms with van der Waals surface area (Å²) in [4.78, 5) is 0. The maximum atomic E-state index is 2.54. The van der Waals surface area contributed by atoms with Crippen LogP contribution >= 0.6 is 0 Å². The fourth-order valence-corrected chi connectivity index (χ4v) is 2.71. The molecule has 0 aliphatic carbocycles. The van der Waals surface area contributed by atoms with E-state index in [9.17, 15) is 0 Å². The molecule has 0 fully saturated rings. The van der Waals surface area contributed by atoms with Gasteiger partial charge in [-0.05, 0) is 12.5 Å². The van der Waals surface area contributed by atoms with Crippen LogP contribution < -0.4 is 0 Å². The summed E-state index contributed by atoms with van der Waals surface area (Å²) < 4.78 is 0. The lowest BCUT2D eigenvalue weighted by molar-refractivity contribution is 0.829. The second-order valence-electron chi connectivity index (χ2n) is 2.30. The topological polar surface area (TPSA) is 0 Å².